The van der Waals surface area contributed by atoms with Gasteiger partial charge in [0.1, 0.15) is 13.2 Å². The molecule has 0 rings (SSSR count). The molecule has 0 spiro atoms. The Balaban J connectivity index is 4.04. The summed E-state index contributed by atoms with van der Waals surface area (Å²) >= 11 is 0. The van der Waals surface area contributed by atoms with Crippen LogP contribution in [0.1, 0.15) is 387 Å². The third kappa shape index (κ3) is 61.0. The largest absolute Gasteiger partial charge is 0.462 e. The fourth-order valence-electron chi connectivity index (χ4n) is 10.4. The molecule has 1 unspecified atom stereocenters. The first kappa shape index (κ1) is 72.2. The van der Waals surface area contributed by atoms with Crippen molar-refractivity contribution >= 4 is 17.9 Å². The maximum absolute atomic E-state index is 12.9. The van der Waals surface area contributed by atoms with E-state index in [1.165, 1.54) is 289 Å². The molecule has 1 atom stereocenters. The van der Waals surface area contributed by atoms with Crippen molar-refractivity contribution in [3.63, 3.8) is 0 Å². The summed E-state index contributed by atoms with van der Waals surface area (Å²) in [6.07, 6.45) is 75.4. The van der Waals surface area contributed by atoms with Crippen molar-refractivity contribution in [2.24, 2.45) is 0 Å². The predicted molar refractivity (Wildman–Crippen MR) is 321 cm³/mol. The summed E-state index contributed by atoms with van der Waals surface area (Å²) in [5.41, 5.74) is 0. The van der Waals surface area contributed by atoms with Gasteiger partial charge in [0.05, 0.1) is 0 Å². The number of hydrogen-bond acceptors (Lipinski definition) is 6. The number of ether oxygens (including phenoxy) is 3. The van der Waals surface area contributed by atoms with Crippen LogP contribution in [-0.2, 0) is 28.6 Å². The summed E-state index contributed by atoms with van der Waals surface area (Å²) in [5.74, 6) is -0.845. The zero-order valence-electron chi connectivity index (χ0n) is 50.4. The Bertz CT molecular complexity index is 1150. The number of unbranched alkanes of at least 4 members (excludes halogenated alkanes) is 50. The molecule has 0 fully saturated rings. The van der Waals surface area contributed by atoms with Crippen LogP contribution >= 0.6 is 0 Å². The summed E-state index contributed by atoms with van der Waals surface area (Å²) < 4.78 is 16.9. The van der Waals surface area contributed by atoms with Crippen molar-refractivity contribution in [3.05, 3.63) is 12.2 Å². The van der Waals surface area contributed by atoms with E-state index in [1.807, 2.05) is 0 Å². The quantitative estimate of drug-likeness (QED) is 0.0261. The minimum Gasteiger partial charge on any atom is -0.462 e. The molecular weight excluding hydrogens is 913 g/mol. The highest BCUT2D eigenvalue weighted by molar-refractivity contribution is 5.71. The van der Waals surface area contributed by atoms with E-state index in [9.17, 15) is 14.4 Å². The van der Waals surface area contributed by atoms with E-state index < -0.39 is 6.10 Å². The van der Waals surface area contributed by atoms with Crippen molar-refractivity contribution in [1.82, 2.24) is 0 Å². The lowest BCUT2D eigenvalue weighted by Gasteiger charge is -2.18. The Kier molecular flexibility index (Phi) is 62.1. The van der Waals surface area contributed by atoms with Crippen LogP contribution in [0.15, 0.2) is 12.2 Å². The number of carbonyl (C=O) groups is 3. The van der Waals surface area contributed by atoms with Crippen molar-refractivity contribution in [3.8, 4) is 0 Å². The maximum atomic E-state index is 12.9. The summed E-state index contributed by atoms with van der Waals surface area (Å²) in [6.45, 7) is 6.68. The summed E-state index contributed by atoms with van der Waals surface area (Å²) in [4.78, 5) is 38.2. The van der Waals surface area contributed by atoms with Gasteiger partial charge >= 0.3 is 17.9 Å². The molecule has 438 valence electrons. The molecule has 0 aliphatic heterocycles. The first-order valence-corrected chi connectivity index (χ1v) is 33.7. The molecule has 74 heavy (non-hydrogen) atoms. The average molecular weight is 1040 g/mol. The van der Waals surface area contributed by atoms with Crippen molar-refractivity contribution in [2.75, 3.05) is 13.2 Å². The molecule has 0 N–H and O–H groups in total. The smallest absolute Gasteiger partial charge is 0.306 e. The second kappa shape index (κ2) is 63.7. The first-order chi connectivity index (χ1) is 36.5. The van der Waals surface area contributed by atoms with E-state index in [0.29, 0.717) is 19.3 Å². The average Bonchev–Trinajstić information content (AvgIpc) is 3.40. The van der Waals surface area contributed by atoms with Gasteiger partial charge in [-0.25, -0.2) is 0 Å². The predicted octanol–water partition coefficient (Wildman–Crippen LogP) is 22.8. The van der Waals surface area contributed by atoms with Gasteiger partial charge in [-0.15, -0.1) is 0 Å². The van der Waals surface area contributed by atoms with E-state index in [1.54, 1.807) is 0 Å². The SMILES string of the molecule is CCCCCCCC/C=C\CCCCCCCCCC(=O)OC(COC(=O)CCCCCCCCCCC)COC(=O)CCCCCCCCCCCCCCCCCCCCCCCCCCCCCCCC. The lowest BCUT2D eigenvalue weighted by molar-refractivity contribution is -0.167. The van der Waals surface area contributed by atoms with Crippen LogP contribution in [0.25, 0.3) is 0 Å². The third-order valence-corrected chi connectivity index (χ3v) is 15.5. The zero-order chi connectivity index (χ0) is 53.6. The Morgan fingerprint density at radius 1 is 0.257 bits per heavy atom. The van der Waals surface area contributed by atoms with Crippen LogP contribution in [0.5, 0.6) is 0 Å². The van der Waals surface area contributed by atoms with Crippen LogP contribution in [0, 0.1) is 0 Å². The highest BCUT2D eigenvalue weighted by Gasteiger charge is 2.19. The van der Waals surface area contributed by atoms with Gasteiger partial charge in [-0.3, -0.25) is 14.4 Å². The minimum absolute atomic E-state index is 0.0658. The molecule has 0 aromatic carbocycles. The van der Waals surface area contributed by atoms with Gasteiger partial charge in [-0.2, -0.15) is 0 Å². The standard InChI is InChI=1S/C68H130O6/c1-4-7-10-13-16-19-21-23-25-27-28-29-30-31-32-33-34-35-36-37-38-39-41-42-44-46-49-52-55-58-61-67(70)73-64-65(63-72-66(69)60-57-54-51-48-18-15-12-9-6-3)74-68(71)62-59-56-53-50-47-45-43-40-26-24-22-20-17-14-11-8-5-2/h24,26,65H,4-23,25,27-64H2,1-3H3/b26-24-. The molecule has 0 aromatic rings. The molecule has 0 aromatic heterocycles. The van der Waals surface area contributed by atoms with E-state index >= 15 is 0 Å². The molecule has 0 heterocycles. The lowest BCUT2D eigenvalue weighted by Crippen LogP contribution is -2.30. The van der Waals surface area contributed by atoms with Gasteiger partial charge in [-0.05, 0) is 44.9 Å². The van der Waals surface area contributed by atoms with E-state index in [0.717, 1.165) is 57.8 Å². The highest BCUT2D eigenvalue weighted by Crippen LogP contribution is 2.19. The molecule has 6 nitrogen and oxygen atoms in total. The summed E-state index contributed by atoms with van der Waals surface area (Å²) in [6, 6.07) is 0. The molecule has 0 aliphatic rings. The van der Waals surface area contributed by atoms with Crippen LogP contribution in [0.3, 0.4) is 0 Å². The van der Waals surface area contributed by atoms with Crippen LogP contribution in [-0.4, -0.2) is 37.2 Å². The van der Waals surface area contributed by atoms with Crippen LogP contribution < -0.4 is 0 Å². The molecular formula is C68H130O6. The maximum Gasteiger partial charge on any atom is 0.306 e. The second-order valence-corrected chi connectivity index (χ2v) is 23.1. The van der Waals surface area contributed by atoms with Gasteiger partial charge < -0.3 is 14.2 Å². The van der Waals surface area contributed by atoms with Crippen LogP contribution in [0.2, 0.25) is 0 Å². The fourth-order valence-corrected chi connectivity index (χ4v) is 10.4. The Morgan fingerprint density at radius 2 is 0.446 bits per heavy atom. The molecule has 0 radical (unpaired) electrons. The van der Waals surface area contributed by atoms with Gasteiger partial charge in [0.15, 0.2) is 6.10 Å². The number of esters is 3. The van der Waals surface area contributed by atoms with Crippen molar-refractivity contribution in [2.45, 2.75) is 393 Å². The molecule has 0 saturated heterocycles. The Hall–Kier alpha value is -1.85. The third-order valence-electron chi connectivity index (χ3n) is 15.5. The van der Waals surface area contributed by atoms with E-state index in [4.69, 9.17) is 14.2 Å². The van der Waals surface area contributed by atoms with Crippen molar-refractivity contribution < 1.29 is 28.6 Å². The second-order valence-electron chi connectivity index (χ2n) is 23.1. The van der Waals surface area contributed by atoms with Crippen molar-refractivity contribution in [1.29, 1.82) is 0 Å². The molecule has 0 saturated carbocycles. The van der Waals surface area contributed by atoms with E-state index in [-0.39, 0.29) is 31.1 Å². The number of allylic oxidation sites excluding steroid dienone is 2. The normalized spacial score (nSPS) is 12.0. The summed E-state index contributed by atoms with van der Waals surface area (Å²) in [5, 5.41) is 0. The lowest BCUT2D eigenvalue weighted by atomic mass is 10.0. The van der Waals surface area contributed by atoms with Gasteiger partial charge in [0.2, 0.25) is 0 Å². The fraction of sp³-hybridized carbons (Fsp3) is 0.926. The Labute approximate surface area is 462 Å². The van der Waals surface area contributed by atoms with Crippen LogP contribution in [0.4, 0.5) is 0 Å². The number of hydrogen-bond donors (Lipinski definition) is 0. The van der Waals surface area contributed by atoms with Gasteiger partial charge in [0, 0.05) is 19.3 Å². The molecule has 0 amide bonds. The van der Waals surface area contributed by atoms with Gasteiger partial charge in [-0.1, -0.05) is 335 Å². The monoisotopic (exact) mass is 1040 g/mol. The molecule has 6 heteroatoms. The zero-order valence-corrected chi connectivity index (χ0v) is 50.4. The minimum atomic E-state index is -0.767. The Morgan fingerprint density at radius 3 is 0.676 bits per heavy atom. The number of rotatable bonds is 63. The number of carbonyl (C=O) groups excluding carboxylic acids is 3. The topological polar surface area (TPSA) is 78.9 Å². The summed E-state index contributed by atoms with van der Waals surface area (Å²) in [7, 11) is 0. The first-order valence-electron chi connectivity index (χ1n) is 33.7. The van der Waals surface area contributed by atoms with Gasteiger partial charge in [0.25, 0.3) is 0 Å². The van der Waals surface area contributed by atoms with E-state index in [2.05, 4.69) is 32.9 Å². The molecule has 0 aliphatic carbocycles. The molecule has 0 bridgehead atoms. The highest BCUT2D eigenvalue weighted by atomic mass is 16.6.